The number of ether oxygens (including phenoxy) is 3. The Morgan fingerprint density at radius 3 is 2.01 bits per heavy atom. The molecule has 3 aromatic rings. The van der Waals surface area contributed by atoms with Crippen LogP contribution in [0, 0.1) is 34.0 Å². The van der Waals surface area contributed by atoms with Crippen molar-refractivity contribution in [2.45, 2.75) is 133 Å². The molecule has 390 valence electrons. The highest BCUT2D eigenvalue weighted by atomic mass is 16.5. The minimum absolute atomic E-state index is 0.00622. The number of hydrogen-bond donors (Lipinski definition) is 0. The smallest absolute Gasteiger partial charge is 0.310 e. The molecular formula is C63H87N3O6. The van der Waals surface area contributed by atoms with E-state index in [1.54, 1.807) is 20.3 Å². The first-order chi connectivity index (χ1) is 34.2. The van der Waals surface area contributed by atoms with E-state index in [0.29, 0.717) is 47.5 Å². The van der Waals surface area contributed by atoms with Gasteiger partial charge in [0.05, 0.1) is 25.7 Å². The van der Waals surface area contributed by atoms with Crippen LogP contribution in [-0.2, 0) is 20.7 Å². The summed E-state index contributed by atoms with van der Waals surface area (Å²) in [7, 11) is 3.20. The summed E-state index contributed by atoms with van der Waals surface area (Å²) in [4.78, 5) is 49.2. The summed E-state index contributed by atoms with van der Waals surface area (Å²) in [5.41, 5.74) is 6.10. The molecule has 3 heterocycles. The zero-order valence-corrected chi connectivity index (χ0v) is 46.2. The molecule has 3 aromatic carbocycles. The van der Waals surface area contributed by atoms with Gasteiger partial charge in [-0.25, -0.2) is 0 Å². The van der Waals surface area contributed by atoms with Gasteiger partial charge in [-0.3, -0.25) is 14.4 Å². The fourth-order valence-corrected chi connectivity index (χ4v) is 10.9. The first-order valence-corrected chi connectivity index (χ1v) is 26.9. The highest BCUT2D eigenvalue weighted by Gasteiger charge is 2.39. The predicted octanol–water partition coefficient (Wildman–Crippen LogP) is 13.6. The topological polar surface area (TPSA) is 88.6 Å². The van der Waals surface area contributed by atoms with E-state index in [2.05, 4.69) is 150 Å². The van der Waals surface area contributed by atoms with Gasteiger partial charge in [0.1, 0.15) is 17.3 Å². The van der Waals surface area contributed by atoms with Crippen LogP contribution in [0.5, 0.6) is 11.5 Å². The van der Waals surface area contributed by atoms with E-state index in [-0.39, 0.29) is 39.7 Å². The van der Waals surface area contributed by atoms with Crippen molar-refractivity contribution in [3.63, 3.8) is 0 Å². The molecule has 0 amide bonds. The molecule has 0 aliphatic carbocycles. The van der Waals surface area contributed by atoms with Gasteiger partial charge < -0.3 is 28.9 Å². The van der Waals surface area contributed by atoms with Crippen LogP contribution in [0.3, 0.4) is 0 Å². The first-order valence-electron chi connectivity index (χ1n) is 26.9. The highest BCUT2D eigenvalue weighted by molar-refractivity contribution is 6.11. The third kappa shape index (κ3) is 14.1. The van der Waals surface area contributed by atoms with E-state index in [9.17, 15) is 9.59 Å². The molecule has 0 saturated heterocycles. The zero-order chi connectivity index (χ0) is 52.4. The number of rotatable bonds is 23. The normalized spacial score (nSPS) is 20.2. The first kappa shape index (κ1) is 55.7. The van der Waals surface area contributed by atoms with Gasteiger partial charge in [0, 0.05) is 87.4 Å². The van der Waals surface area contributed by atoms with Crippen LogP contribution in [0.15, 0.2) is 120 Å². The second-order valence-electron chi connectivity index (χ2n) is 23.2. The van der Waals surface area contributed by atoms with E-state index in [4.69, 9.17) is 14.2 Å². The van der Waals surface area contributed by atoms with Crippen molar-refractivity contribution in [2.24, 2.45) is 34.0 Å². The summed E-state index contributed by atoms with van der Waals surface area (Å²) in [6.45, 7) is 29.5. The maximum atomic E-state index is 15.2. The van der Waals surface area contributed by atoms with Gasteiger partial charge in [-0.2, -0.15) is 0 Å². The fourth-order valence-electron chi connectivity index (χ4n) is 10.9. The molecule has 0 saturated carbocycles. The second kappa shape index (κ2) is 24.4. The molecule has 3 aliphatic heterocycles. The number of methoxy groups -OCH3 is 2. The minimum Gasteiger partial charge on any atom is -0.497 e. The maximum absolute atomic E-state index is 15.2. The van der Waals surface area contributed by atoms with Crippen LogP contribution in [0.2, 0.25) is 0 Å². The van der Waals surface area contributed by atoms with Crippen molar-refractivity contribution in [1.82, 2.24) is 14.7 Å². The van der Waals surface area contributed by atoms with Gasteiger partial charge in [-0.15, -0.1) is 0 Å². The van der Waals surface area contributed by atoms with Gasteiger partial charge >= 0.3 is 5.97 Å². The van der Waals surface area contributed by atoms with Crippen LogP contribution in [0.25, 0.3) is 0 Å². The molecule has 0 radical (unpaired) electrons. The van der Waals surface area contributed by atoms with Crippen molar-refractivity contribution < 1.29 is 28.6 Å². The molecule has 0 fully saturated rings. The maximum Gasteiger partial charge on any atom is 0.310 e. The zero-order valence-electron chi connectivity index (χ0n) is 46.2. The highest BCUT2D eigenvalue weighted by Crippen LogP contribution is 2.43. The van der Waals surface area contributed by atoms with Crippen molar-refractivity contribution in [3.8, 4) is 11.5 Å². The van der Waals surface area contributed by atoms with E-state index < -0.39 is 5.92 Å². The molecular weight excluding hydrogens is 895 g/mol. The summed E-state index contributed by atoms with van der Waals surface area (Å²) < 4.78 is 17.0. The van der Waals surface area contributed by atoms with Crippen molar-refractivity contribution in [1.29, 1.82) is 0 Å². The summed E-state index contributed by atoms with van der Waals surface area (Å²) in [5, 5.41) is 0. The van der Waals surface area contributed by atoms with E-state index in [1.165, 1.54) is 5.56 Å². The van der Waals surface area contributed by atoms with E-state index >= 15 is 4.79 Å². The molecule has 4 unspecified atom stereocenters. The van der Waals surface area contributed by atoms with Gasteiger partial charge in [0.15, 0.2) is 11.6 Å². The van der Waals surface area contributed by atoms with Gasteiger partial charge in [-0.05, 0) is 107 Å². The second-order valence-corrected chi connectivity index (χ2v) is 23.2. The fraction of sp³-hybridized carbons (Fsp3) is 0.540. The van der Waals surface area contributed by atoms with Gasteiger partial charge in [0.2, 0.25) is 0 Å². The van der Waals surface area contributed by atoms with Crippen molar-refractivity contribution >= 4 is 17.5 Å². The predicted molar refractivity (Wildman–Crippen MR) is 293 cm³/mol. The Hall–Kier alpha value is -5.57. The lowest BCUT2D eigenvalue weighted by molar-refractivity contribution is -0.139. The summed E-state index contributed by atoms with van der Waals surface area (Å²) in [6.07, 6.45) is 15.4. The molecule has 9 nitrogen and oxygen atoms in total. The van der Waals surface area contributed by atoms with Crippen LogP contribution >= 0.6 is 0 Å². The molecule has 0 bridgehead atoms. The number of esters is 1. The summed E-state index contributed by atoms with van der Waals surface area (Å²) in [6, 6.07) is 24.4. The van der Waals surface area contributed by atoms with Crippen molar-refractivity contribution in [2.75, 3.05) is 53.5 Å². The van der Waals surface area contributed by atoms with Gasteiger partial charge in [-0.1, -0.05) is 137 Å². The Kier molecular flexibility index (Phi) is 18.9. The summed E-state index contributed by atoms with van der Waals surface area (Å²) in [5.74, 6) is 2.54. The third-order valence-electron chi connectivity index (χ3n) is 15.5. The van der Waals surface area contributed by atoms with Crippen LogP contribution in [0.1, 0.15) is 154 Å². The number of Topliss-reactive ketones (excluding diaryl/α,β-unsaturated/α-hetero) is 2. The molecule has 72 heavy (non-hydrogen) atoms. The standard InChI is InChI=1S/C63H87N3O6/c1-14-50(72-57(67)15-2)36-49-38-63(11,28-27-45(5)40-65-33-30-61(7,8)54(42-65)59(68)53-26-25-51(70-12)37-56(53)71-13)31-34-66(49)41-46(6)35-48-23-19-20-24-52(48)58(47-21-17-16-18-22-47)60(69)55-43-64(39-44(3)4)32-29-62(55,9)10/h16-26,36-38,42-46,58H,14-15,27-35,39-41H2,1-13H3/b50-36-. The Balaban J connectivity index is 1.21. The Morgan fingerprint density at radius 2 is 1.36 bits per heavy atom. The lowest BCUT2D eigenvalue weighted by Crippen LogP contribution is -2.38. The quantitative estimate of drug-likeness (QED) is 0.0524. The average Bonchev–Trinajstić information content (AvgIpc) is 3.35. The van der Waals surface area contributed by atoms with Crippen LogP contribution in [0.4, 0.5) is 0 Å². The lowest BCUT2D eigenvalue weighted by Gasteiger charge is -2.41. The number of carbonyl (C=O) groups is 3. The molecule has 0 aromatic heterocycles. The van der Waals surface area contributed by atoms with Crippen LogP contribution in [-0.4, -0.2) is 85.7 Å². The monoisotopic (exact) mass is 982 g/mol. The SMILES string of the molecule is CCC(=O)O/C(=C\C1=CC(C)(CCC(C)CN2C=C(C(=O)c3ccc(OC)cc3OC)C(C)(C)CC2)CCN1CC(C)Cc1ccccc1C(C(=O)C1=CN(CC(C)C)CCC1(C)C)c1ccccc1)CC. The number of allylic oxidation sites excluding steroid dienone is 5. The molecule has 0 spiro atoms. The molecule has 6 rings (SSSR count). The summed E-state index contributed by atoms with van der Waals surface area (Å²) >= 11 is 0. The number of carbonyl (C=O) groups excluding carboxylic acids is 3. The van der Waals surface area contributed by atoms with Gasteiger partial charge in [0.25, 0.3) is 0 Å². The minimum atomic E-state index is -0.415. The number of hydrogen-bond acceptors (Lipinski definition) is 9. The molecule has 0 N–H and O–H groups in total. The number of ketones is 2. The Labute approximate surface area is 433 Å². The Morgan fingerprint density at radius 1 is 0.708 bits per heavy atom. The van der Waals surface area contributed by atoms with Crippen molar-refractivity contribution in [3.05, 3.63) is 142 Å². The largest absolute Gasteiger partial charge is 0.497 e. The number of benzene rings is 3. The molecule has 9 heteroatoms. The van der Waals surface area contributed by atoms with Crippen LogP contribution < -0.4 is 9.47 Å². The third-order valence-corrected chi connectivity index (χ3v) is 15.5. The number of nitrogens with zero attached hydrogens (tertiary/aromatic N) is 3. The average molecular weight is 982 g/mol. The van der Waals surface area contributed by atoms with E-state index in [0.717, 1.165) is 106 Å². The molecule has 3 aliphatic rings. The van der Waals surface area contributed by atoms with E-state index in [1.807, 2.05) is 32.0 Å². The Bertz CT molecular complexity index is 2480. The molecule has 4 atom stereocenters. The lowest BCUT2D eigenvalue weighted by atomic mass is 9.71.